The quantitative estimate of drug-likeness (QED) is 0.801. The second-order valence-corrected chi connectivity index (χ2v) is 6.05. The molecule has 0 spiro atoms. The molecule has 24 heavy (non-hydrogen) atoms. The lowest BCUT2D eigenvalue weighted by atomic mass is 10.0. The summed E-state index contributed by atoms with van der Waals surface area (Å²) >= 11 is 0. The van der Waals surface area contributed by atoms with Gasteiger partial charge in [-0.25, -0.2) is 13.8 Å². The minimum absolute atomic E-state index is 0.280. The van der Waals surface area contributed by atoms with E-state index in [0.717, 1.165) is 23.5 Å². The Bertz CT molecular complexity index is 882. The highest BCUT2D eigenvalue weighted by atomic mass is 19.1. The van der Waals surface area contributed by atoms with Crippen LogP contribution in [0.3, 0.4) is 0 Å². The molecule has 4 rings (SSSR count). The van der Waals surface area contributed by atoms with Crippen LogP contribution in [-0.4, -0.2) is 37.0 Å². The molecule has 5 nitrogen and oxygen atoms in total. The summed E-state index contributed by atoms with van der Waals surface area (Å²) in [5.74, 6) is -0.934. The lowest BCUT2D eigenvalue weighted by Crippen LogP contribution is -2.25. The normalized spacial score (nSPS) is 21.6. The number of nitrogens with zero attached hydrogens (tertiary/aromatic N) is 4. The van der Waals surface area contributed by atoms with Gasteiger partial charge in [-0.1, -0.05) is 0 Å². The molecule has 3 heterocycles. The predicted molar refractivity (Wildman–Crippen MR) is 83.1 cm³/mol. The number of rotatable bonds is 3. The van der Waals surface area contributed by atoms with E-state index in [2.05, 4.69) is 9.97 Å². The number of β-amino-alcohol motifs (C(OH)–C–C–N with tert-alkyl or cyclic N) is 1. The van der Waals surface area contributed by atoms with Gasteiger partial charge in [-0.15, -0.1) is 0 Å². The van der Waals surface area contributed by atoms with Crippen LogP contribution in [0.1, 0.15) is 23.7 Å². The highest BCUT2D eigenvalue weighted by molar-refractivity contribution is 5.37. The zero-order chi connectivity index (χ0) is 16.7. The Kier molecular flexibility index (Phi) is 3.74. The maximum atomic E-state index is 14.2. The minimum Gasteiger partial charge on any atom is -0.392 e. The molecule has 0 radical (unpaired) electrons. The first-order valence-electron chi connectivity index (χ1n) is 7.75. The third kappa shape index (κ3) is 2.65. The summed E-state index contributed by atoms with van der Waals surface area (Å²) < 4.78 is 29.6. The molecule has 0 bridgehead atoms. The third-order valence-electron chi connectivity index (χ3n) is 4.46. The average molecular weight is 330 g/mol. The SMILES string of the molecule is O[C@@H]1C[C@H](c2cc(F)ccc2F)N(Cc2cnc3cnccn23)C1. The van der Waals surface area contributed by atoms with Crippen molar-refractivity contribution in [2.75, 3.05) is 6.54 Å². The lowest BCUT2D eigenvalue weighted by Gasteiger charge is -2.24. The van der Waals surface area contributed by atoms with E-state index < -0.39 is 17.7 Å². The Labute approximate surface area is 137 Å². The molecule has 1 aliphatic rings. The van der Waals surface area contributed by atoms with Gasteiger partial charge in [-0.3, -0.25) is 14.3 Å². The van der Waals surface area contributed by atoms with Gasteiger partial charge in [0.1, 0.15) is 11.6 Å². The number of aliphatic hydroxyl groups is 1. The number of hydrogen-bond acceptors (Lipinski definition) is 4. The van der Waals surface area contributed by atoms with Crippen LogP contribution in [0.2, 0.25) is 0 Å². The first kappa shape index (κ1) is 15.2. The zero-order valence-electron chi connectivity index (χ0n) is 12.8. The fourth-order valence-electron chi connectivity index (χ4n) is 3.37. The number of imidazole rings is 1. The summed E-state index contributed by atoms with van der Waals surface area (Å²) in [5.41, 5.74) is 1.91. The van der Waals surface area contributed by atoms with Crippen molar-refractivity contribution in [2.45, 2.75) is 25.1 Å². The number of benzene rings is 1. The summed E-state index contributed by atoms with van der Waals surface area (Å²) in [6, 6.07) is 3.08. The molecule has 1 saturated heterocycles. The van der Waals surface area contributed by atoms with Crippen molar-refractivity contribution in [1.82, 2.24) is 19.3 Å². The van der Waals surface area contributed by atoms with Gasteiger partial charge in [-0.2, -0.15) is 0 Å². The Hall–Kier alpha value is -2.38. The van der Waals surface area contributed by atoms with Gasteiger partial charge in [0.15, 0.2) is 5.65 Å². The van der Waals surface area contributed by atoms with Crippen molar-refractivity contribution in [3.05, 3.63) is 65.9 Å². The fourth-order valence-corrected chi connectivity index (χ4v) is 3.37. The summed E-state index contributed by atoms with van der Waals surface area (Å²) in [5, 5.41) is 10.0. The maximum Gasteiger partial charge on any atom is 0.155 e. The van der Waals surface area contributed by atoms with E-state index in [1.165, 1.54) is 6.07 Å². The number of likely N-dealkylation sites (tertiary alicyclic amines) is 1. The van der Waals surface area contributed by atoms with Crippen LogP contribution in [0.5, 0.6) is 0 Å². The lowest BCUT2D eigenvalue weighted by molar-refractivity contribution is 0.171. The summed E-state index contributed by atoms with van der Waals surface area (Å²) in [7, 11) is 0. The molecule has 0 unspecified atom stereocenters. The third-order valence-corrected chi connectivity index (χ3v) is 4.46. The predicted octanol–water partition coefficient (Wildman–Crippen LogP) is 2.32. The molecular formula is C17H16F2N4O. The van der Waals surface area contributed by atoms with Crippen LogP contribution in [0.15, 0.2) is 43.0 Å². The van der Waals surface area contributed by atoms with Crippen LogP contribution < -0.4 is 0 Å². The number of halogens is 2. The molecular weight excluding hydrogens is 314 g/mol. The average Bonchev–Trinajstić information content (AvgIpc) is 3.14. The molecule has 1 aliphatic heterocycles. The summed E-state index contributed by atoms with van der Waals surface area (Å²) in [6.45, 7) is 0.877. The van der Waals surface area contributed by atoms with Crippen molar-refractivity contribution in [3.8, 4) is 0 Å². The first-order valence-corrected chi connectivity index (χ1v) is 7.75. The number of aliphatic hydroxyl groups excluding tert-OH is 1. The van der Waals surface area contributed by atoms with Crippen molar-refractivity contribution in [1.29, 1.82) is 0 Å². The topological polar surface area (TPSA) is 53.7 Å². The molecule has 1 aromatic carbocycles. The number of hydrogen-bond donors (Lipinski definition) is 1. The van der Waals surface area contributed by atoms with Gasteiger partial charge in [0, 0.05) is 37.1 Å². The van der Waals surface area contributed by atoms with E-state index in [1.54, 1.807) is 18.6 Å². The Morgan fingerprint density at radius 2 is 2.12 bits per heavy atom. The molecule has 124 valence electrons. The van der Waals surface area contributed by atoms with Crippen molar-refractivity contribution >= 4 is 5.65 Å². The van der Waals surface area contributed by atoms with Gasteiger partial charge in [0.05, 0.1) is 24.2 Å². The maximum absolute atomic E-state index is 14.2. The van der Waals surface area contributed by atoms with Crippen LogP contribution in [0.25, 0.3) is 5.65 Å². The molecule has 0 aliphatic carbocycles. The molecule has 2 aromatic heterocycles. The fraction of sp³-hybridized carbons (Fsp3) is 0.294. The Morgan fingerprint density at radius 1 is 1.25 bits per heavy atom. The van der Waals surface area contributed by atoms with E-state index in [-0.39, 0.29) is 11.6 Å². The molecule has 2 atom stereocenters. The van der Waals surface area contributed by atoms with E-state index in [4.69, 9.17) is 0 Å². The van der Waals surface area contributed by atoms with Gasteiger partial charge in [0.2, 0.25) is 0 Å². The molecule has 0 saturated carbocycles. The van der Waals surface area contributed by atoms with Gasteiger partial charge in [0.25, 0.3) is 0 Å². The monoisotopic (exact) mass is 330 g/mol. The molecule has 7 heteroatoms. The minimum atomic E-state index is -0.571. The second kappa shape index (κ2) is 5.92. The van der Waals surface area contributed by atoms with Gasteiger partial charge >= 0.3 is 0 Å². The van der Waals surface area contributed by atoms with Crippen molar-refractivity contribution in [2.24, 2.45) is 0 Å². The molecule has 1 N–H and O–H groups in total. The molecule has 3 aromatic rings. The van der Waals surface area contributed by atoms with Crippen LogP contribution in [0.4, 0.5) is 8.78 Å². The van der Waals surface area contributed by atoms with Crippen LogP contribution in [0, 0.1) is 11.6 Å². The van der Waals surface area contributed by atoms with Crippen LogP contribution >= 0.6 is 0 Å². The summed E-state index contributed by atoms with van der Waals surface area (Å²) in [4.78, 5) is 10.3. The largest absolute Gasteiger partial charge is 0.392 e. The second-order valence-electron chi connectivity index (χ2n) is 6.05. The van der Waals surface area contributed by atoms with E-state index in [0.29, 0.717) is 19.5 Å². The van der Waals surface area contributed by atoms with Gasteiger partial charge < -0.3 is 5.11 Å². The zero-order valence-corrected chi connectivity index (χ0v) is 12.8. The Balaban J connectivity index is 1.67. The smallest absolute Gasteiger partial charge is 0.155 e. The number of fused-ring (bicyclic) bond motifs is 1. The summed E-state index contributed by atoms with van der Waals surface area (Å²) in [6.07, 6.45) is 6.67. The van der Waals surface area contributed by atoms with E-state index in [1.807, 2.05) is 15.5 Å². The first-order chi connectivity index (χ1) is 11.6. The van der Waals surface area contributed by atoms with Crippen molar-refractivity contribution < 1.29 is 13.9 Å². The van der Waals surface area contributed by atoms with Crippen LogP contribution in [-0.2, 0) is 6.54 Å². The highest BCUT2D eigenvalue weighted by Crippen LogP contribution is 2.35. The van der Waals surface area contributed by atoms with E-state index >= 15 is 0 Å². The standard InChI is InChI=1S/C17H16F2N4O/c18-11-1-2-15(19)14(5-11)16-6-13(24)10-22(16)9-12-7-21-17-8-20-3-4-23(12)17/h1-5,7-8,13,16,24H,6,9-10H2/t13-,16-/m1/s1. The molecule has 0 amide bonds. The molecule has 1 fully saturated rings. The van der Waals surface area contributed by atoms with Crippen molar-refractivity contribution in [3.63, 3.8) is 0 Å². The Morgan fingerprint density at radius 3 is 3.00 bits per heavy atom. The van der Waals surface area contributed by atoms with Gasteiger partial charge in [-0.05, 0) is 24.6 Å². The number of aromatic nitrogens is 3. The highest BCUT2D eigenvalue weighted by Gasteiger charge is 2.34. The van der Waals surface area contributed by atoms with E-state index in [9.17, 15) is 13.9 Å².